The summed E-state index contributed by atoms with van der Waals surface area (Å²) in [6.07, 6.45) is 10.2. The fourth-order valence-corrected chi connectivity index (χ4v) is 2.62. The largest absolute Gasteiger partial charge is 0.294 e. The average Bonchev–Trinajstić information content (AvgIpc) is 2.82. The van der Waals surface area contributed by atoms with Crippen molar-refractivity contribution < 1.29 is 9.59 Å². The molecule has 0 aliphatic heterocycles. The zero-order valence-corrected chi connectivity index (χ0v) is 16.3. The van der Waals surface area contributed by atoms with E-state index >= 15 is 0 Å². The molecule has 0 radical (unpaired) electrons. The van der Waals surface area contributed by atoms with Crippen molar-refractivity contribution in [3.05, 3.63) is 120 Å². The maximum absolute atomic E-state index is 11.7. The van der Waals surface area contributed by atoms with Gasteiger partial charge in [0.1, 0.15) is 0 Å². The highest BCUT2D eigenvalue weighted by Crippen LogP contribution is 2.05. The van der Waals surface area contributed by atoms with E-state index in [1.165, 1.54) is 0 Å². The first-order valence-electron chi connectivity index (χ1n) is 9.38. The van der Waals surface area contributed by atoms with Crippen LogP contribution in [0.4, 0.5) is 0 Å². The molecule has 0 bridgehead atoms. The number of hydrogen-bond donors (Lipinski definition) is 0. The number of aromatic nitrogens is 4. The Labute approximate surface area is 174 Å². The third kappa shape index (κ3) is 6.53. The molecule has 0 aliphatic carbocycles. The van der Waals surface area contributed by atoms with Crippen molar-refractivity contribution in [1.82, 2.24) is 19.9 Å². The second-order valence-corrected chi connectivity index (χ2v) is 6.33. The standard InChI is InChI=1S/2C12H10N2O/c2*15-12(10-4-2-1-3-5-10)8-11-9-13-6-7-14-11/h2*1-7,9H,8H2. The van der Waals surface area contributed by atoms with Crippen LogP contribution in [-0.4, -0.2) is 31.5 Å². The molecular weight excluding hydrogens is 376 g/mol. The van der Waals surface area contributed by atoms with E-state index in [0.717, 1.165) is 0 Å². The first-order valence-corrected chi connectivity index (χ1v) is 9.38. The molecule has 2 aromatic heterocycles. The van der Waals surface area contributed by atoms with Gasteiger partial charge in [-0.3, -0.25) is 29.5 Å². The summed E-state index contributed by atoms with van der Waals surface area (Å²) in [5.74, 6) is 0.132. The van der Waals surface area contributed by atoms with Crippen molar-refractivity contribution in [2.24, 2.45) is 0 Å². The summed E-state index contributed by atoms with van der Waals surface area (Å²) >= 11 is 0. The van der Waals surface area contributed by atoms with Gasteiger partial charge in [0.15, 0.2) is 11.6 Å². The van der Waals surface area contributed by atoms with Gasteiger partial charge in [-0.25, -0.2) is 0 Å². The number of carbonyl (C=O) groups is 2. The van der Waals surface area contributed by atoms with Crippen LogP contribution in [0.15, 0.2) is 97.8 Å². The smallest absolute Gasteiger partial charge is 0.168 e. The van der Waals surface area contributed by atoms with Crippen LogP contribution in [0.3, 0.4) is 0 Å². The zero-order chi connectivity index (χ0) is 21.0. The van der Waals surface area contributed by atoms with Gasteiger partial charge in [0.05, 0.1) is 24.2 Å². The Kier molecular flexibility index (Phi) is 7.62. The minimum Gasteiger partial charge on any atom is -0.294 e. The maximum Gasteiger partial charge on any atom is 0.168 e. The quantitative estimate of drug-likeness (QED) is 0.461. The lowest BCUT2D eigenvalue weighted by Gasteiger charge is -1.99. The number of hydrogen-bond acceptors (Lipinski definition) is 6. The molecule has 0 N–H and O–H groups in total. The maximum atomic E-state index is 11.7. The molecule has 0 atom stereocenters. The second-order valence-electron chi connectivity index (χ2n) is 6.33. The Morgan fingerprint density at radius 1 is 0.567 bits per heavy atom. The van der Waals surface area contributed by atoms with Gasteiger partial charge < -0.3 is 0 Å². The van der Waals surface area contributed by atoms with Crippen molar-refractivity contribution in [3.8, 4) is 0 Å². The first kappa shape index (κ1) is 20.7. The van der Waals surface area contributed by atoms with Crippen LogP contribution in [0, 0.1) is 0 Å². The predicted octanol–water partition coefficient (Wildman–Crippen LogP) is 3.80. The number of benzene rings is 2. The van der Waals surface area contributed by atoms with Crippen LogP contribution < -0.4 is 0 Å². The molecule has 2 aromatic carbocycles. The molecule has 0 aliphatic rings. The summed E-state index contributed by atoms with van der Waals surface area (Å²) < 4.78 is 0. The normalized spacial score (nSPS) is 9.87. The highest BCUT2D eigenvalue weighted by Gasteiger charge is 2.07. The molecule has 0 amide bonds. The number of carbonyl (C=O) groups excluding carboxylic acids is 2. The number of Topliss-reactive ketones (excluding diaryl/α,β-unsaturated/α-hetero) is 2. The zero-order valence-electron chi connectivity index (χ0n) is 16.3. The van der Waals surface area contributed by atoms with Gasteiger partial charge >= 0.3 is 0 Å². The molecule has 6 nitrogen and oxygen atoms in total. The van der Waals surface area contributed by atoms with E-state index in [-0.39, 0.29) is 11.6 Å². The molecule has 0 fully saturated rings. The third-order valence-corrected chi connectivity index (χ3v) is 4.11. The van der Waals surface area contributed by atoms with E-state index in [2.05, 4.69) is 19.9 Å². The van der Waals surface area contributed by atoms with Crippen LogP contribution in [0.1, 0.15) is 32.1 Å². The lowest BCUT2D eigenvalue weighted by molar-refractivity contribution is 0.0983. The summed E-state index contributed by atoms with van der Waals surface area (Å²) in [5, 5.41) is 0. The van der Waals surface area contributed by atoms with Crippen molar-refractivity contribution in [1.29, 1.82) is 0 Å². The van der Waals surface area contributed by atoms with Crippen LogP contribution in [0.5, 0.6) is 0 Å². The van der Waals surface area contributed by atoms with E-state index < -0.39 is 0 Å². The fraction of sp³-hybridized carbons (Fsp3) is 0.0833. The first-order chi connectivity index (χ1) is 14.7. The Bertz CT molecular complexity index is 968. The van der Waals surface area contributed by atoms with Crippen molar-refractivity contribution in [3.63, 3.8) is 0 Å². The molecule has 148 valence electrons. The molecule has 0 saturated heterocycles. The van der Waals surface area contributed by atoms with Crippen molar-refractivity contribution in [2.75, 3.05) is 0 Å². The molecule has 6 heteroatoms. The van der Waals surface area contributed by atoms with Gasteiger partial charge in [-0.2, -0.15) is 0 Å². The van der Waals surface area contributed by atoms with E-state index in [9.17, 15) is 9.59 Å². The Balaban J connectivity index is 0.000000171. The highest BCUT2D eigenvalue weighted by molar-refractivity contribution is 5.97. The summed E-state index contributed by atoms with van der Waals surface area (Å²) in [6, 6.07) is 18.4. The highest BCUT2D eigenvalue weighted by atomic mass is 16.1. The minimum atomic E-state index is 0.0658. The van der Waals surface area contributed by atoms with Gasteiger partial charge in [-0.15, -0.1) is 0 Å². The minimum absolute atomic E-state index is 0.0658. The molecule has 4 rings (SSSR count). The van der Waals surface area contributed by atoms with E-state index in [4.69, 9.17) is 0 Å². The van der Waals surface area contributed by atoms with Gasteiger partial charge in [0, 0.05) is 48.3 Å². The van der Waals surface area contributed by atoms with Crippen LogP contribution in [0.25, 0.3) is 0 Å². The summed E-state index contributed by atoms with van der Waals surface area (Å²) in [5.41, 5.74) is 2.82. The lowest BCUT2D eigenvalue weighted by atomic mass is 10.1. The third-order valence-electron chi connectivity index (χ3n) is 4.11. The summed E-state index contributed by atoms with van der Waals surface area (Å²) in [6.45, 7) is 0. The SMILES string of the molecule is O=C(Cc1cnccn1)c1ccccc1.O=C(Cc1cnccn1)c1ccccc1. The van der Waals surface area contributed by atoms with Crippen LogP contribution in [0.2, 0.25) is 0 Å². The van der Waals surface area contributed by atoms with E-state index in [0.29, 0.717) is 35.4 Å². The number of ketones is 2. The molecule has 4 aromatic rings. The molecule has 0 unspecified atom stereocenters. The molecule has 0 spiro atoms. The average molecular weight is 396 g/mol. The fourth-order valence-electron chi connectivity index (χ4n) is 2.62. The van der Waals surface area contributed by atoms with Crippen LogP contribution >= 0.6 is 0 Å². The van der Waals surface area contributed by atoms with Crippen molar-refractivity contribution in [2.45, 2.75) is 12.8 Å². The number of nitrogens with zero attached hydrogens (tertiary/aromatic N) is 4. The predicted molar refractivity (Wildman–Crippen MR) is 113 cm³/mol. The molecule has 30 heavy (non-hydrogen) atoms. The summed E-state index contributed by atoms with van der Waals surface area (Å²) in [4.78, 5) is 39.4. The van der Waals surface area contributed by atoms with Gasteiger partial charge in [0.25, 0.3) is 0 Å². The van der Waals surface area contributed by atoms with Crippen LogP contribution in [-0.2, 0) is 12.8 Å². The van der Waals surface area contributed by atoms with E-state index in [1.54, 1.807) is 61.4 Å². The second kappa shape index (κ2) is 11.1. The van der Waals surface area contributed by atoms with E-state index in [1.807, 2.05) is 36.4 Å². The molecule has 0 saturated carbocycles. The lowest BCUT2D eigenvalue weighted by Crippen LogP contribution is -2.04. The molecular formula is C24H20N4O2. The Hall–Kier alpha value is -4.06. The topological polar surface area (TPSA) is 85.7 Å². The Morgan fingerprint density at radius 3 is 1.30 bits per heavy atom. The Morgan fingerprint density at radius 2 is 0.967 bits per heavy atom. The summed E-state index contributed by atoms with van der Waals surface area (Å²) in [7, 11) is 0. The number of rotatable bonds is 6. The van der Waals surface area contributed by atoms with Crippen molar-refractivity contribution >= 4 is 11.6 Å². The molecule has 2 heterocycles. The monoisotopic (exact) mass is 396 g/mol. The van der Waals surface area contributed by atoms with Gasteiger partial charge in [0.2, 0.25) is 0 Å². The van der Waals surface area contributed by atoms with Gasteiger partial charge in [-0.1, -0.05) is 60.7 Å². The van der Waals surface area contributed by atoms with Gasteiger partial charge in [-0.05, 0) is 0 Å².